The zero-order valence-electron chi connectivity index (χ0n) is 8.49. The minimum absolute atomic E-state index is 0.0913. The second-order valence-electron chi connectivity index (χ2n) is 4.08. The Balaban J connectivity index is 2.16. The van der Waals surface area contributed by atoms with Crippen LogP contribution in [0.3, 0.4) is 0 Å². The Morgan fingerprint density at radius 3 is 2.64 bits per heavy atom. The molecule has 0 aliphatic heterocycles. The highest BCUT2D eigenvalue weighted by Crippen LogP contribution is 2.59. The van der Waals surface area contributed by atoms with E-state index in [2.05, 4.69) is 12.1 Å². The van der Waals surface area contributed by atoms with E-state index in [1.54, 1.807) is 0 Å². The predicted molar refractivity (Wildman–Crippen MR) is 53.9 cm³/mol. The lowest BCUT2D eigenvalue weighted by Gasteiger charge is -2.08. The van der Waals surface area contributed by atoms with Gasteiger partial charge in [0.05, 0.1) is 12.5 Å². The minimum Gasteiger partial charge on any atom is -0.469 e. The number of benzene rings is 1. The number of ether oxygens (including phenoxy) is 1. The number of carbonyl (C=O) groups excluding carboxylic acids is 1. The number of hydrogen-bond donors (Lipinski definition) is 0. The lowest BCUT2D eigenvalue weighted by molar-refractivity contribution is -0.146. The first-order valence-corrected chi connectivity index (χ1v) is 4.82. The molecule has 2 unspecified atom stereocenters. The van der Waals surface area contributed by atoms with Crippen LogP contribution in [-0.4, -0.2) is 13.1 Å². The van der Waals surface area contributed by atoms with Crippen molar-refractivity contribution in [1.29, 1.82) is 0 Å². The van der Waals surface area contributed by atoms with E-state index in [1.807, 2.05) is 25.1 Å². The number of hydrogen-bond acceptors (Lipinski definition) is 2. The Kier molecular flexibility index (Phi) is 2.06. The van der Waals surface area contributed by atoms with Gasteiger partial charge in [-0.3, -0.25) is 4.79 Å². The van der Waals surface area contributed by atoms with Crippen molar-refractivity contribution in [3.05, 3.63) is 35.9 Å². The molecule has 0 aromatic heterocycles. The summed E-state index contributed by atoms with van der Waals surface area (Å²) in [4.78, 5) is 11.5. The molecule has 2 heteroatoms. The average molecular weight is 190 g/mol. The summed E-state index contributed by atoms with van der Waals surface area (Å²) in [5, 5.41) is 0. The summed E-state index contributed by atoms with van der Waals surface area (Å²) in [5.74, 6) is 0.252. The molecule has 74 valence electrons. The van der Waals surface area contributed by atoms with Gasteiger partial charge in [0, 0.05) is 5.92 Å². The summed E-state index contributed by atoms with van der Waals surface area (Å²) in [6.45, 7) is 1.97. The normalized spacial score (nSPS) is 29.7. The Labute approximate surface area is 83.9 Å². The van der Waals surface area contributed by atoms with Crippen LogP contribution in [0.1, 0.15) is 24.8 Å². The fourth-order valence-electron chi connectivity index (χ4n) is 1.99. The van der Waals surface area contributed by atoms with Gasteiger partial charge in [-0.05, 0) is 18.9 Å². The molecule has 0 amide bonds. The molecule has 2 nitrogen and oxygen atoms in total. The lowest BCUT2D eigenvalue weighted by atomic mass is 10.0. The zero-order chi connectivity index (χ0) is 10.2. The van der Waals surface area contributed by atoms with E-state index >= 15 is 0 Å². The first kappa shape index (κ1) is 9.25. The standard InChI is InChI=1S/C12H14O2/c1-12(11(13)14-2)8-10(12)9-6-4-3-5-7-9/h3-7,10H,8H2,1-2H3. The second kappa shape index (κ2) is 3.12. The van der Waals surface area contributed by atoms with Crippen molar-refractivity contribution in [3.8, 4) is 0 Å². The monoisotopic (exact) mass is 190 g/mol. The highest BCUT2D eigenvalue weighted by Gasteiger charge is 2.57. The van der Waals surface area contributed by atoms with Gasteiger partial charge >= 0.3 is 5.97 Å². The number of carbonyl (C=O) groups is 1. The van der Waals surface area contributed by atoms with Crippen molar-refractivity contribution in [2.45, 2.75) is 19.3 Å². The largest absolute Gasteiger partial charge is 0.469 e. The maximum atomic E-state index is 11.5. The molecule has 1 aromatic rings. The fraction of sp³-hybridized carbons (Fsp3) is 0.417. The maximum Gasteiger partial charge on any atom is 0.312 e. The van der Waals surface area contributed by atoms with Gasteiger partial charge in [-0.1, -0.05) is 30.3 Å². The van der Waals surface area contributed by atoms with Gasteiger partial charge in [0.2, 0.25) is 0 Å². The first-order chi connectivity index (χ1) is 6.68. The summed E-state index contributed by atoms with van der Waals surface area (Å²) < 4.78 is 4.79. The van der Waals surface area contributed by atoms with Crippen LogP contribution in [0.2, 0.25) is 0 Å². The Morgan fingerprint density at radius 1 is 1.43 bits per heavy atom. The molecular formula is C12H14O2. The Morgan fingerprint density at radius 2 is 2.07 bits per heavy atom. The van der Waals surface area contributed by atoms with Crippen LogP contribution in [-0.2, 0) is 9.53 Å². The van der Waals surface area contributed by atoms with Crippen molar-refractivity contribution in [1.82, 2.24) is 0 Å². The number of methoxy groups -OCH3 is 1. The van der Waals surface area contributed by atoms with E-state index in [0.717, 1.165) is 6.42 Å². The summed E-state index contributed by atoms with van der Waals surface area (Å²) >= 11 is 0. The van der Waals surface area contributed by atoms with Crippen LogP contribution in [0.4, 0.5) is 0 Å². The van der Waals surface area contributed by atoms with Gasteiger partial charge in [0.1, 0.15) is 0 Å². The van der Waals surface area contributed by atoms with Gasteiger partial charge in [-0.25, -0.2) is 0 Å². The average Bonchev–Trinajstić information content (AvgIpc) is 2.92. The smallest absolute Gasteiger partial charge is 0.312 e. The Bertz CT molecular complexity index is 345. The molecule has 0 bridgehead atoms. The van der Waals surface area contributed by atoms with Crippen LogP contribution in [0.5, 0.6) is 0 Å². The van der Waals surface area contributed by atoms with Crippen molar-refractivity contribution in [2.75, 3.05) is 7.11 Å². The molecular weight excluding hydrogens is 176 g/mol. The summed E-state index contributed by atoms with van der Waals surface area (Å²) in [6.07, 6.45) is 0.906. The quantitative estimate of drug-likeness (QED) is 0.669. The second-order valence-corrected chi connectivity index (χ2v) is 4.08. The highest BCUT2D eigenvalue weighted by molar-refractivity contribution is 5.81. The molecule has 0 radical (unpaired) electrons. The molecule has 14 heavy (non-hydrogen) atoms. The van der Waals surface area contributed by atoms with Gasteiger partial charge < -0.3 is 4.74 Å². The van der Waals surface area contributed by atoms with Crippen LogP contribution in [0.25, 0.3) is 0 Å². The van der Waals surface area contributed by atoms with Crippen LogP contribution < -0.4 is 0 Å². The first-order valence-electron chi connectivity index (χ1n) is 4.82. The Hall–Kier alpha value is -1.31. The fourth-order valence-corrected chi connectivity index (χ4v) is 1.99. The van der Waals surface area contributed by atoms with Crippen LogP contribution in [0.15, 0.2) is 30.3 Å². The molecule has 0 saturated heterocycles. The van der Waals surface area contributed by atoms with E-state index < -0.39 is 0 Å². The maximum absolute atomic E-state index is 11.5. The third kappa shape index (κ3) is 1.31. The third-order valence-corrected chi connectivity index (χ3v) is 3.09. The molecule has 2 rings (SSSR count). The van der Waals surface area contributed by atoms with Crippen molar-refractivity contribution in [2.24, 2.45) is 5.41 Å². The van der Waals surface area contributed by atoms with E-state index in [9.17, 15) is 4.79 Å². The van der Waals surface area contributed by atoms with E-state index in [4.69, 9.17) is 4.74 Å². The highest BCUT2D eigenvalue weighted by atomic mass is 16.5. The minimum atomic E-state index is -0.282. The molecule has 1 saturated carbocycles. The SMILES string of the molecule is COC(=O)C1(C)CC1c1ccccc1. The summed E-state index contributed by atoms with van der Waals surface area (Å²) in [6, 6.07) is 10.1. The molecule has 0 N–H and O–H groups in total. The lowest BCUT2D eigenvalue weighted by Crippen LogP contribution is -2.15. The molecule has 1 fully saturated rings. The number of rotatable bonds is 2. The topological polar surface area (TPSA) is 26.3 Å². The van der Waals surface area contributed by atoms with Gasteiger partial charge in [0.15, 0.2) is 0 Å². The number of esters is 1. The predicted octanol–water partition coefficient (Wildman–Crippen LogP) is 2.35. The molecule has 1 aliphatic rings. The van der Waals surface area contributed by atoms with Crippen molar-refractivity contribution < 1.29 is 9.53 Å². The molecule has 1 aromatic carbocycles. The van der Waals surface area contributed by atoms with Gasteiger partial charge in [0.25, 0.3) is 0 Å². The van der Waals surface area contributed by atoms with Crippen LogP contribution in [0, 0.1) is 5.41 Å². The van der Waals surface area contributed by atoms with E-state index in [-0.39, 0.29) is 11.4 Å². The van der Waals surface area contributed by atoms with E-state index in [1.165, 1.54) is 12.7 Å². The van der Waals surface area contributed by atoms with Gasteiger partial charge in [-0.2, -0.15) is 0 Å². The molecule has 2 atom stereocenters. The zero-order valence-corrected chi connectivity index (χ0v) is 8.49. The van der Waals surface area contributed by atoms with Crippen molar-refractivity contribution in [3.63, 3.8) is 0 Å². The van der Waals surface area contributed by atoms with Crippen molar-refractivity contribution >= 4 is 5.97 Å². The summed E-state index contributed by atoms with van der Waals surface area (Å²) in [7, 11) is 1.45. The molecule has 1 aliphatic carbocycles. The van der Waals surface area contributed by atoms with Gasteiger partial charge in [-0.15, -0.1) is 0 Å². The third-order valence-electron chi connectivity index (χ3n) is 3.09. The molecule has 0 heterocycles. The summed E-state index contributed by atoms with van der Waals surface area (Å²) in [5.41, 5.74) is 0.955. The molecule has 0 spiro atoms. The van der Waals surface area contributed by atoms with E-state index in [0.29, 0.717) is 5.92 Å². The van der Waals surface area contributed by atoms with Crippen LogP contribution >= 0.6 is 0 Å².